The summed E-state index contributed by atoms with van der Waals surface area (Å²) in [6.07, 6.45) is 6.29. The molecule has 0 amide bonds. The molecule has 1 N–H and O–H groups in total. The summed E-state index contributed by atoms with van der Waals surface area (Å²) in [7, 11) is 1.95. The van der Waals surface area contributed by atoms with Crippen LogP contribution in [0.15, 0.2) is 49.7 Å². The fraction of sp³-hybridized carbons (Fsp3) is 0.478. The average Bonchev–Trinajstić information content (AvgIpc) is 2.97. The second-order valence-corrected chi connectivity index (χ2v) is 7.06. The van der Waals surface area contributed by atoms with Crippen LogP contribution in [0.3, 0.4) is 0 Å². The lowest BCUT2D eigenvalue weighted by Crippen LogP contribution is -2.35. The summed E-state index contributed by atoms with van der Waals surface area (Å²) in [6.45, 7) is 20.1. The molecule has 1 unspecified atom stereocenters. The van der Waals surface area contributed by atoms with Crippen LogP contribution in [-0.4, -0.2) is 31.1 Å². The Hall–Kier alpha value is -2.16. The van der Waals surface area contributed by atoms with Crippen LogP contribution in [-0.2, 0) is 6.54 Å². The molecule has 1 heterocycles. The maximum Gasteiger partial charge on any atom is 0.0688 e. The van der Waals surface area contributed by atoms with Gasteiger partial charge < -0.3 is 15.1 Å². The number of nitrogens with zero attached hydrogens (tertiary/aromatic N) is 2. The van der Waals surface area contributed by atoms with Gasteiger partial charge in [-0.15, -0.1) is 6.58 Å². The van der Waals surface area contributed by atoms with E-state index in [1.807, 2.05) is 13.1 Å². The number of benzene rings is 1. The summed E-state index contributed by atoms with van der Waals surface area (Å²) < 4.78 is 0. The van der Waals surface area contributed by atoms with Crippen LogP contribution < -0.4 is 10.2 Å². The molecule has 0 aliphatic carbocycles. The van der Waals surface area contributed by atoms with Crippen LogP contribution in [0.5, 0.6) is 0 Å². The number of fused-ring (bicyclic) bond motifs is 1. The maximum absolute atomic E-state index is 4.39. The summed E-state index contributed by atoms with van der Waals surface area (Å²) >= 11 is 0. The Kier molecular flexibility index (Phi) is 7.38. The standard InChI is InChI=1S/C23H35N3/c1-7-10-11-23(18(4)24-6)26-17-20-16-21(12-13-22(20)19(26)5)25(14-8-2)15-9-3/h7,12-13,16,23-24H,1,4-5,8-11,14-15,17H2,2-3,6H3. The molecule has 0 spiro atoms. The number of hydrogen-bond acceptors (Lipinski definition) is 3. The monoisotopic (exact) mass is 353 g/mol. The van der Waals surface area contributed by atoms with Gasteiger partial charge in [0.25, 0.3) is 0 Å². The van der Waals surface area contributed by atoms with Gasteiger partial charge >= 0.3 is 0 Å². The Morgan fingerprint density at radius 3 is 2.58 bits per heavy atom. The molecular formula is C23H35N3. The molecule has 0 saturated carbocycles. The van der Waals surface area contributed by atoms with Crippen LogP contribution in [0.2, 0.25) is 0 Å². The molecule has 1 aliphatic rings. The number of likely N-dealkylation sites (N-methyl/N-ethyl adjacent to an activating group) is 1. The molecule has 1 aromatic carbocycles. The molecule has 0 fully saturated rings. The van der Waals surface area contributed by atoms with Gasteiger partial charge in [-0.1, -0.05) is 39.1 Å². The third kappa shape index (κ3) is 4.32. The van der Waals surface area contributed by atoms with Gasteiger partial charge in [0.05, 0.1) is 6.04 Å². The number of hydrogen-bond donors (Lipinski definition) is 1. The highest BCUT2D eigenvalue weighted by atomic mass is 15.2. The van der Waals surface area contributed by atoms with E-state index >= 15 is 0 Å². The van der Waals surface area contributed by atoms with Crippen molar-refractivity contribution < 1.29 is 0 Å². The van der Waals surface area contributed by atoms with Gasteiger partial charge in [-0.2, -0.15) is 0 Å². The third-order valence-electron chi connectivity index (χ3n) is 5.18. The SMILES string of the molecule is C=CCCC(C(=C)NC)N1Cc2cc(N(CCC)CCC)ccc2C1=C. The first-order valence-corrected chi connectivity index (χ1v) is 9.88. The summed E-state index contributed by atoms with van der Waals surface area (Å²) in [6, 6.07) is 7.10. The molecule has 142 valence electrons. The molecule has 3 heteroatoms. The predicted octanol–water partition coefficient (Wildman–Crippen LogP) is 5.17. The zero-order chi connectivity index (χ0) is 19.1. The lowest BCUT2D eigenvalue weighted by atomic mass is 10.1. The molecule has 1 aliphatic heterocycles. The van der Waals surface area contributed by atoms with Gasteiger partial charge in [0.2, 0.25) is 0 Å². The Balaban J connectivity index is 2.26. The molecule has 1 aromatic rings. The molecule has 1 atom stereocenters. The maximum atomic E-state index is 4.39. The Morgan fingerprint density at radius 1 is 1.31 bits per heavy atom. The van der Waals surface area contributed by atoms with Crippen molar-refractivity contribution in [1.82, 2.24) is 10.2 Å². The van der Waals surface area contributed by atoms with Crippen LogP contribution in [0.4, 0.5) is 5.69 Å². The minimum Gasteiger partial charge on any atom is -0.390 e. The van der Waals surface area contributed by atoms with Crippen molar-refractivity contribution in [2.24, 2.45) is 0 Å². The molecule has 0 radical (unpaired) electrons. The fourth-order valence-electron chi connectivity index (χ4n) is 3.79. The van der Waals surface area contributed by atoms with Crippen LogP contribution in [0, 0.1) is 0 Å². The van der Waals surface area contributed by atoms with Crippen molar-refractivity contribution in [1.29, 1.82) is 0 Å². The topological polar surface area (TPSA) is 18.5 Å². The molecule has 0 saturated heterocycles. The molecular weight excluding hydrogens is 318 g/mol. The van der Waals surface area contributed by atoms with Gasteiger partial charge in [0.1, 0.15) is 0 Å². The van der Waals surface area contributed by atoms with E-state index in [2.05, 4.69) is 66.9 Å². The summed E-state index contributed by atoms with van der Waals surface area (Å²) in [5, 5.41) is 3.24. The van der Waals surface area contributed by atoms with E-state index in [-0.39, 0.29) is 6.04 Å². The van der Waals surface area contributed by atoms with E-state index in [0.29, 0.717) is 0 Å². The zero-order valence-electron chi connectivity index (χ0n) is 16.9. The Bertz CT molecular complexity index is 641. The molecule has 0 bridgehead atoms. The van der Waals surface area contributed by atoms with E-state index in [0.717, 1.165) is 43.9 Å². The first kappa shape index (κ1) is 20.2. The number of allylic oxidation sites excluding steroid dienone is 1. The van der Waals surface area contributed by atoms with Crippen molar-refractivity contribution in [2.75, 3.05) is 25.0 Å². The number of nitrogens with one attached hydrogen (secondary N) is 1. The minimum atomic E-state index is 0.240. The normalized spacial score (nSPS) is 14.1. The second-order valence-electron chi connectivity index (χ2n) is 7.06. The number of rotatable bonds is 11. The first-order valence-electron chi connectivity index (χ1n) is 9.88. The first-order chi connectivity index (χ1) is 12.6. The highest BCUT2D eigenvalue weighted by Gasteiger charge is 2.29. The van der Waals surface area contributed by atoms with Gasteiger partial charge in [-0.3, -0.25) is 0 Å². The second kappa shape index (κ2) is 9.51. The lowest BCUT2D eigenvalue weighted by molar-refractivity contribution is 0.312. The van der Waals surface area contributed by atoms with Crippen LogP contribution in [0.1, 0.15) is 50.7 Å². The largest absolute Gasteiger partial charge is 0.390 e. The molecule has 2 rings (SSSR count). The van der Waals surface area contributed by atoms with E-state index in [9.17, 15) is 0 Å². The highest BCUT2D eigenvalue weighted by molar-refractivity contribution is 5.72. The van der Waals surface area contributed by atoms with E-state index < -0.39 is 0 Å². The Labute approximate surface area is 160 Å². The fourth-order valence-corrected chi connectivity index (χ4v) is 3.79. The van der Waals surface area contributed by atoms with E-state index in [1.165, 1.54) is 29.7 Å². The summed E-state index contributed by atoms with van der Waals surface area (Å²) in [5.41, 5.74) is 6.12. The van der Waals surface area contributed by atoms with Crippen molar-refractivity contribution in [3.8, 4) is 0 Å². The highest BCUT2D eigenvalue weighted by Crippen LogP contribution is 2.37. The minimum absolute atomic E-state index is 0.240. The average molecular weight is 354 g/mol. The van der Waals surface area contributed by atoms with Crippen molar-refractivity contribution in [3.63, 3.8) is 0 Å². The van der Waals surface area contributed by atoms with Gasteiger partial charge in [-0.05, 0) is 43.4 Å². The van der Waals surface area contributed by atoms with Crippen molar-refractivity contribution in [3.05, 3.63) is 60.8 Å². The van der Waals surface area contributed by atoms with E-state index in [4.69, 9.17) is 0 Å². The summed E-state index contributed by atoms with van der Waals surface area (Å²) in [5.74, 6) is 0. The Morgan fingerprint density at radius 2 is 2.00 bits per heavy atom. The predicted molar refractivity (Wildman–Crippen MR) is 115 cm³/mol. The van der Waals surface area contributed by atoms with Gasteiger partial charge in [0.15, 0.2) is 0 Å². The molecule has 26 heavy (non-hydrogen) atoms. The van der Waals surface area contributed by atoms with Crippen LogP contribution >= 0.6 is 0 Å². The zero-order valence-corrected chi connectivity index (χ0v) is 16.9. The third-order valence-corrected chi connectivity index (χ3v) is 5.18. The summed E-state index contributed by atoms with van der Waals surface area (Å²) in [4.78, 5) is 4.88. The van der Waals surface area contributed by atoms with Gasteiger partial charge in [-0.25, -0.2) is 0 Å². The lowest BCUT2D eigenvalue weighted by Gasteiger charge is -2.32. The van der Waals surface area contributed by atoms with Crippen molar-refractivity contribution in [2.45, 2.75) is 52.1 Å². The van der Waals surface area contributed by atoms with Gasteiger partial charge in [0, 0.05) is 49.3 Å². The van der Waals surface area contributed by atoms with E-state index in [1.54, 1.807) is 0 Å². The number of anilines is 1. The van der Waals surface area contributed by atoms with Crippen molar-refractivity contribution >= 4 is 11.4 Å². The molecule has 3 nitrogen and oxygen atoms in total. The smallest absolute Gasteiger partial charge is 0.0688 e. The van der Waals surface area contributed by atoms with Crippen LogP contribution in [0.25, 0.3) is 5.70 Å². The quantitative estimate of drug-likeness (QED) is 0.554. The molecule has 0 aromatic heterocycles.